The van der Waals surface area contributed by atoms with Crippen molar-refractivity contribution >= 4 is 41.3 Å². The molecule has 21 heavy (non-hydrogen) atoms. The van der Waals surface area contributed by atoms with Gasteiger partial charge in [0, 0.05) is 24.9 Å². The van der Waals surface area contributed by atoms with Crippen molar-refractivity contribution in [2.24, 2.45) is 10.9 Å². The predicted molar refractivity (Wildman–Crippen MR) is 104 cm³/mol. The molecule has 0 saturated heterocycles. The van der Waals surface area contributed by atoms with Gasteiger partial charge in [0.25, 0.3) is 0 Å². The van der Waals surface area contributed by atoms with Crippen molar-refractivity contribution in [1.29, 1.82) is 0 Å². The molecule has 4 nitrogen and oxygen atoms in total. The average molecular weight is 424 g/mol. The molecular formula is C15H29IN4S. The molecule has 0 aliphatic rings. The minimum Gasteiger partial charge on any atom is -0.356 e. The van der Waals surface area contributed by atoms with E-state index in [0.717, 1.165) is 30.7 Å². The normalized spacial score (nSPS) is 11.7. The minimum absolute atomic E-state index is 0. The quantitative estimate of drug-likeness (QED) is 0.301. The Labute approximate surface area is 150 Å². The van der Waals surface area contributed by atoms with Crippen LogP contribution in [0.2, 0.25) is 0 Å². The number of hydrogen-bond acceptors (Lipinski definition) is 3. The second-order valence-corrected chi connectivity index (χ2v) is 6.61. The third-order valence-electron chi connectivity index (χ3n) is 2.97. The summed E-state index contributed by atoms with van der Waals surface area (Å²) in [5.74, 6) is 2.12. The lowest BCUT2D eigenvalue weighted by Crippen LogP contribution is -2.37. The van der Waals surface area contributed by atoms with Crippen LogP contribution in [0.3, 0.4) is 0 Å². The summed E-state index contributed by atoms with van der Waals surface area (Å²) in [6, 6.07) is 0. The van der Waals surface area contributed by atoms with Crippen molar-refractivity contribution in [3.8, 4) is 0 Å². The summed E-state index contributed by atoms with van der Waals surface area (Å²) >= 11 is 1.73. The van der Waals surface area contributed by atoms with Gasteiger partial charge in [0.1, 0.15) is 0 Å². The van der Waals surface area contributed by atoms with E-state index in [1.165, 1.54) is 17.8 Å². The van der Waals surface area contributed by atoms with Crippen LogP contribution in [-0.4, -0.2) is 24.5 Å². The molecule has 1 heterocycles. The molecule has 1 rings (SSSR count). The maximum Gasteiger partial charge on any atom is 0.191 e. The summed E-state index contributed by atoms with van der Waals surface area (Å²) in [6.07, 6.45) is 2.42. The van der Waals surface area contributed by atoms with Gasteiger partial charge >= 0.3 is 0 Å². The highest BCUT2D eigenvalue weighted by Gasteiger charge is 2.06. The van der Waals surface area contributed by atoms with Crippen LogP contribution < -0.4 is 10.6 Å². The first-order valence-electron chi connectivity index (χ1n) is 7.41. The van der Waals surface area contributed by atoms with Gasteiger partial charge in [0.05, 0.1) is 17.2 Å². The largest absolute Gasteiger partial charge is 0.356 e. The molecule has 0 fully saturated rings. The Balaban J connectivity index is 0.00000400. The van der Waals surface area contributed by atoms with Gasteiger partial charge in [0.2, 0.25) is 0 Å². The Morgan fingerprint density at radius 1 is 1.29 bits per heavy atom. The zero-order chi connectivity index (χ0) is 15.0. The highest BCUT2D eigenvalue weighted by molar-refractivity contribution is 14.0. The van der Waals surface area contributed by atoms with E-state index in [-0.39, 0.29) is 24.0 Å². The fourth-order valence-corrected chi connectivity index (χ4v) is 2.62. The Morgan fingerprint density at radius 2 is 2.00 bits per heavy atom. The zero-order valence-corrected chi connectivity index (χ0v) is 16.9. The van der Waals surface area contributed by atoms with Crippen molar-refractivity contribution in [3.05, 3.63) is 16.1 Å². The van der Waals surface area contributed by atoms with Gasteiger partial charge in [-0.25, -0.2) is 4.98 Å². The average Bonchev–Trinajstić information content (AvgIpc) is 2.86. The second kappa shape index (κ2) is 11.2. The van der Waals surface area contributed by atoms with E-state index in [2.05, 4.69) is 53.7 Å². The first-order valence-corrected chi connectivity index (χ1v) is 8.29. The third-order valence-corrected chi connectivity index (χ3v) is 4.17. The van der Waals surface area contributed by atoms with Crippen molar-refractivity contribution < 1.29 is 0 Å². The van der Waals surface area contributed by atoms with E-state index in [1.54, 1.807) is 18.4 Å². The minimum atomic E-state index is 0. The molecule has 0 unspecified atom stereocenters. The summed E-state index contributed by atoms with van der Waals surface area (Å²) in [5.41, 5.74) is 1.09. The second-order valence-electron chi connectivity index (χ2n) is 5.72. The van der Waals surface area contributed by atoms with E-state index in [9.17, 15) is 0 Å². The number of hydrogen-bond donors (Lipinski definition) is 2. The van der Waals surface area contributed by atoms with Gasteiger partial charge in [-0.1, -0.05) is 27.7 Å². The lowest BCUT2D eigenvalue weighted by atomic mass is 10.1. The molecule has 0 aliphatic carbocycles. The van der Waals surface area contributed by atoms with E-state index in [4.69, 9.17) is 0 Å². The van der Waals surface area contributed by atoms with Gasteiger partial charge in [-0.2, -0.15) is 0 Å². The van der Waals surface area contributed by atoms with Gasteiger partial charge < -0.3 is 10.6 Å². The Morgan fingerprint density at radius 3 is 2.52 bits per heavy atom. The van der Waals surface area contributed by atoms with Crippen LogP contribution in [0, 0.1) is 5.92 Å². The molecule has 1 aromatic heterocycles. The van der Waals surface area contributed by atoms with Crippen LogP contribution in [0.25, 0.3) is 0 Å². The number of nitrogens with zero attached hydrogens (tertiary/aromatic N) is 2. The molecule has 0 saturated carbocycles. The summed E-state index contributed by atoms with van der Waals surface area (Å²) in [5, 5.41) is 9.96. The molecule has 0 spiro atoms. The van der Waals surface area contributed by atoms with Crippen molar-refractivity contribution in [3.63, 3.8) is 0 Å². The maximum absolute atomic E-state index is 4.61. The third kappa shape index (κ3) is 8.60. The van der Waals surface area contributed by atoms with Gasteiger partial charge in [-0.15, -0.1) is 35.3 Å². The number of halogens is 1. The lowest BCUT2D eigenvalue weighted by Gasteiger charge is -2.11. The molecule has 0 bridgehead atoms. The first-order chi connectivity index (χ1) is 9.52. The molecule has 0 aromatic carbocycles. The summed E-state index contributed by atoms with van der Waals surface area (Å²) < 4.78 is 0. The smallest absolute Gasteiger partial charge is 0.191 e. The molecular weight excluding hydrogens is 395 g/mol. The number of nitrogens with one attached hydrogen (secondary N) is 2. The number of rotatable bonds is 7. The molecule has 1 aromatic rings. The maximum atomic E-state index is 4.61. The van der Waals surface area contributed by atoms with Gasteiger partial charge in [-0.3, -0.25) is 4.99 Å². The van der Waals surface area contributed by atoms with E-state index < -0.39 is 0 Å². The van der Waals surface area contributed by atoms with Crippen LogP contribution in [0.4, 0.5) is 0 Å². The number of aromatic nitrogens is 1. The molecule has 0 radical (unpaired) electrons. The Hall–Kier alpha value is -0.370. The van der Waals surface area contributed by atoms with Crippen molar-refractivity contribution in [2.75, 3.05) is 13.6 Å². The summed E-state index contributed by atoms with van der Waals surface area (Å²) in [4.78, 5) is 8.84. The van der Waals surface area contributed by atoms with Crippen LogP contribution >= 0.6 is 35.3 Å². The van der Waals surface area contributed by atoms with Crippen LogP contribution in [-0.2, 0) is 6.54 Å². The Bertz CT molecular complexity index is 416. The van der Waals surface area contributed by atoms with Crippen molar-refractivity contribution in [1.82, 2.24) is 15.6 Å². The molecule has 0 amide bonds. The number of aliphatic imine (C=N–C) groups is 1. The van der Waals surface area contributed by atoms with E-state index >= 15 is 0 Å². The summed E-state index contributed by atoms with van der Waals surface area (Å²) in [7, 11) is 1.80. The van der Waals surface area contributed by atoms with Crippen molar-refractivity contribution in [2.45, 2.75) is 53.0 Å². The molecule has 2 N–H and O–H groups in total. The van der Waals surface area contributed by atoms with Crippen LogP contribution in [0.5, 0.6) is 0 Å². The first kappa shape index (κ1) is 20.6. The molecule has 6 heteroatoms. The van der Waals surface area contributed by atoms with Gasteiger partial charge in [0.15, 0.2) is 5.96 Å². The van der Waals surface area contributed by atoms with E-state index in [0.29, 0.717) is 5.92 Å². The fourth-order valence-electron chi connectivity index (χ4n) is 1.78. The molecule has 0 atom stereocenters. The number of guanidine groups is 1. The van der Waals surface area contributed by atoms with Crippen LogP contribution in [0.1, 0.15) is 57.2 Å². The summed E-state index contributed by atoms with van der Waals surface area (Å²) in [6.45, 7) is 10.5. The Kier molecular flexibility index (Phi) is 11.0. The highest BCUT2D eigenvalue weighted by Crippen LogP contribution is 2.18. The SMILES string of the molecule is CN=C(NCCCC(C)C)NCc1csc(C(C)C)n1.I. The van der Waals surface area contributed by atoms with Gasteiger partial charge in [-0.05, 0) is 18.8 Å². The zero-order valence-electron chi connectivity index (χ0n) is 13.8. The number of thiazole rings is 1. The monoisotopic (exact) mass is 424 g/mol. The highest BCUT2D eigenvalue weighted by atomic mass is 127. The molecule has 122 valence electrons. The topological polar surface area (TPSA) is 49.3 Å². The lowest BCUT2D eigenvalue weighted by molar-refractivity contribution is 0.549. The standard InChI is InChI=1S/C15H28N4S.HI/c1-11(2)7-6-8-17-15(16-5)18-9-13-10-20-14(19-13)12(3)4;/h10-12H,6-9H2,1-5H3,(H2,16,17,18);1H. The van der Waals surface area contributed by atoms with E-state index in [1.807, 2.05) is 0 Å². The predicted octanol–water partition coefficient (Wildman–Crippen LogP) is 3.99. The fraction of sp³-hybridized carbons (Fsp3) is 0.733. The van der Waals surface area contributed by atoms with Crippen LogP contribution in [0.15, 0.2) is 10.4 Å². The molecule has 0 aliphatic heterocycles.